The molecule has 0 amide bonds. The van der Waals surface area contributed by atoms with E-state index < -0.39 is 0 Å². The Morgan fingerprint density at radius 1 is 0.806 bits per heavy atom. The summed E-state index contributed by atoms with van der Waals surface area (Å²) in [6.45, 7) is 2.67. The molecule has 0 saturated heterocycles. The number of rotatable bonds is 6. The quantitative estimate of drug-likeness (QED) is 0.428. The third-order valence-corrected chi connectivity index (χ3v) is 5.59. The lowest BCUT2D eigenvalue weighted by Gasteiger charge is -2.14. The molecule has 0 atom stereocenters. The lowest BCUT2D eigenvalue weighted by molar-refractivity contribution is 0.241. The van der Waals surface area contributed by atoms with Crippen molar-refractivity contribution in [2.24, 2.45) is 0 Å². The summed E-state index contributed by atoms with van der Waals surface area (Å²) in [5, 5.41) is 0. The Hall–Kier alpha value is -3.63. The van der Waals surface area contributed by atoms with E-state index in [4.69, 9.17) is 9.15 Å². The molecule has 3 aromatic carbocycles. The maximum atomic E-state index is 12.5. The predicted octanol–water partition coefficient (Wildman–Crippen LogP) is 5.40. The van der Waals surface area contributed by atoms with Crippen LogP contribution in [0.2, 0.25) is 0 Å². The van der Waals surface area contributed by atoms with Crippen LogP contribution in [-0.4, -0.2) is 4.90 Å². The summed E-state index contributed by atoms with van der Waals surface area (Å²) in [6.07, 6.45) is 1.43. The van der Waals surface area contributed by atoms with Gasteiger partial charge in [-0.05, 0) is 27.8 Å². The fourth-order valence-corrected chi connectivity index (χ4v) is 3.95. The average molecular weight is 409 g/mol. The normalized spacial score (nSPS) is 13.2. The van der Waals surface area contributed by atoms with Crippen LogP contribution in [0.3, 0.4) is 0 Å². The number of hydrogen-bond donors (Lipinski definition) is 0. The van der Waals surface area contributed by atoms with Gasteiger partial charge in [0, 0.05) is 19.2 Å². The van der Waals surface area contributed by atoms with Crippen LogP contribution < -0.4 is 10.2 Å². The van der Waals surface area contributed by atoms with E-state index in [0.29, 0.717) is 18.9 Å². The molecule has 1 aliphatic rings. The van der Waals surface area contributed by atoms with Crippen molar-refractivity contribution in [3.05, 3.63) is 124 Å². The molecule has 1 aliphatic heterocycles. The first-order valence-electron chi connectivity index (χ1n) is 10.4. The first-order chi connectivity index (χ1) is 15.2. The van der Waals surface area contributed by atoms with Gasteiger partial charge in [0.15, 0.2) is 0 Å². The minimum absolute atomic E-state index is 0.154. The number of fused-ring (bicyclic) bond motifs is 1. The Labute approximate surface area is 181 Å². The third-order valence-electron chi connectivity index (χ3n) is 5.59. The second-order valence-corrected chi connectivity index (χ2v) is 7.84. The summed E-state index contributed by atoms with van der Waals surface area (Å²) in [7, 11) is 0. The molecule has 0 unspecified atom stereocenters. The second kappa shape index (κ2) is 8.62. The zero-order valence-electron chi connectivity index (χ0n) is 17.2. The van der Waals surface area contributed by atoms with Crippen molar-refractivity contribution in [2.45, 2.75) is 26.2 Å². The van der Waals surface area contributed by atoms with Crippen molar-refractivity contribution in [1.29, 1.82) is 0 Å². The molecule has 4 heteroatoms. The van der Waals surface area contributed by atoms with Gasteiger partial charge in [-0.15, -0.1) is 0 Å². The Kier molecular flexibility index (Phi) is 5.38. The molecule has 2 heterocycles. The van der Waals surface area contributed by atoms with Gasteiger partial charge in [0.1, 0.15) is 18.6 Å². The lowest BCUT2D eigenvalue weighted by atomic mass is 10.0. The Bertz CT molecular complexity index is 1200. The Morgan fingerprint density at radius 2 is 1.45 bits per heavy atom. The smallest absolute Gasteiger partial charge is 0.227 e. The number of hydrogen-bond acceptors (Lipinski definition) is 4. The molecule has 1 aromatic heterocycles. The zero-order chi connectivity index (χ0) is 21.0. The highest BCUT2D eigenvalue weighted by molar-refractivity contribution is 5.63. The van der Waals surface area contributed by atoms with Crippen LogP contribution in [0, 0.1) is 0 Å². The van der Waals surface area contributed by atoms with Crippen molar-refractivity contribution >= 4 is 0 Å². The molecular formula is C27H23NO3. The van der Waals surface area contributed by atoms with Gasteiger partial charge in [0.2, 0.25) is 11.2 Å². The summed E-state index contributed by atoms with van der Waals surface area (Å²) < 4.78 is 11.4. The third kappa shape index (κ3) is 4.44. The Morgan fingerprint density at radius 3 is 2.13 bits per heavy atom. The van der Waals surface area contributed by atoms with Gasteiger partial charge in [0.25, 0.3) is 0 Å². The highest BCUT2D eigenvalue weighted by Gasteiger charge is 2.19. The molecule has 0 spiro atoms. The topological polar surface area (TPSA) is 42.7 Å². The van der Waals surface area contributed by atoms with E-state index in [1.165, 1.54) is 29.0 Å². The fraction of sp³-hybridized carbons (Fsp3) is 0.148. The molecule has 0 bridgehead atoms. The van der Waals surface area contributed by atoms with Crippen molar-refractivity contribution in [1.82, 2.24) is 4.90 Å². The fourth-order valence-electron chi connectivity index (χ4n) is 3.95. The van der Waals surface area contributed by atoms with Crippen LogP contribution in [-0.2, 0) is 26.2 Å². The highest BCUT2D eigenvalue weighted by Crippen LogP contribution is 2.24. The van der Waals surface area contributed by atoms with Gasteiger partial charge in [-0.25, -0.2) is 0 Å². The highest BCUT2D eigenvalue weighted by atomic mass is 16.5. The SMILES string of the molecule is O=c1cc(CN2Cc3ccccc3C2)occ1OCc1ccc(-c2ccccc2)cc1. The molecule has 0 N–H and O–H groups in total. The van der Waals surface area contributed by atoms with E-state index in [9.17, 15) is 4.79 Å². The summed E-state index contributed by atoms with van der Waals surface area (Å²) in [5.41, 5.74) is 5.84. The van der Waals surface area contributed by atoms with Crippen molar-refractivity contribution < 1.29 is 9.15 Å². The molecule has 4 aromatic rings. The van der Waals surface area contributed by atoms with E-state index in [-0.39, 0.29) is 11.2 Å². The van der Waals surface area contributed by atoms with Gasteiger partial charge in [0.05, 0.1) is 6.54 Å². The van der Waals surface area contributed by atoms with Gasteiger partial charge in [-0.1, -0.05) is 78.9 Å². The van der Waals surface area contributed by atoms with Crippen LogP contribution in [0.4, 0.5) is 0 Å². The summed E-state index contributed by atoms with van der Waals surface area (Å²) in [6, 6.07) is 28.3. The Balaban J connectivity index is 1.20. The van der Waals surface area contributed by atoms with E-state index in [0.717, 1.165) is 24.2 Å². The number of ether oxygens (including phenoxy) is 1. The van der Waals surface area contributed by atoms with Gasteiger partial charge >= 0.3 is 0 Å². The molecule has 0 saturated carbocycles. The molecule has 0 fully saturated rings. The van der Waals surface area contributed by atoms with Gasteiger partial charge in [-0.3, -0.25) is 9.69 Å². The number of benzene rings is 3. The average Bonchev–Trinajstić information content (AvgIpc) is 3.22. The largest absolute Gasteiger partial charge is 0.482 e. The second-order valence-electron chi connectivity index (χ2n) is 7.84. The standard InChI is InChI=1S/C27H23NO3/c29-26-14-25(17-28-15-23-8-4-5-9-24(23)16-28)30-19-27(26)31-18-20-10-12-22(13-11-20)21-6-2-1-3-7-21/h1-14,19H,15-18H2. The van der Waals surface area contributed by atoms with Crippen molar-refractivity contribution in [3.8, 4) is 16.9 Å². The zero-order valence-corrected chi connectivity index (χ0v) is 17.2. The van der Waals surface area contributed by atoms with Crippen molar-refractivity contribution in [2.75, 3.05) is 0 Å². The van der Waals surface area contributed by atoms with Crippen LogP contribution in [0.1, 0.15) is 22.5 Å². The first kappa shape index (κ1) is 19.3. The number of nitrogens with zero attached hydrogens (tertiary/aromatic N) is 1. The van der Waals surface area contributed by atoms with Crippen LogP contribution in [0.5, 0.6) is 5.75 Å². The van der Waals surface area contributed by atoms with Crippen molar-refractivity contribution in [3.63, 3.8) is 0 Å². The summed E-state index contributed by atoms with van der Waals surface area (Å²) in [5.74, 6) is 0.887. The maximum Gasteiger partial charge on any atom is 0.227 e. The molecule has 31 heavy (non-hydrogen) atoms. The van der Waals surface area contributed by atoms with Crippen LogP contribution in [0.25, 0.3) is 11.1 Å². The van der Waals surface area contributed by atoms with Crippen LogP contribution >= 0.6 is 0 Å². The molecule has 154 valence electrons. The molecule has 0 aliphatic carbocycles. The monoisotopic (exact) mass is 409 g/mol. The lowest BCUT2D eigenvalue weighted by Crippen LogP contribution is -2.17. The van der Waals surface area contributed by atoms with Crippen LogP contribution in [0.15, 0.2) is 100 Å². The van der Waals surface area contributed by atoms with E-state index in [2.05, 4.69) is 53.4 Å². The molecule has 0 radical (unpaired) electrons. The van der Waals surface area contributed by atoms with E-state index in [1.807, 2.05) is 30.3 Å². The van der Waals surface area contributed by atoms with E-state index in [1.54, 1.807) is 0 Å². The maximum absolute atomic E-state index is 12.5. The first-order valence-corrected chi connectivity index (χ1v) is 10.4. The summed E-state index contributed by atoms with van der Waals surface area (Å²) in [4.78, 5) is 14.8. The predicted molar refractivity (Wildman–Crippen MR) is 121 cm³/mol. The summed E-state index contributed by atoms with van der Waals surface area (Å²) >= 11 is 0. The van der Waals surface area contributed by atoms with Gasteiger partial charge in [-0.2, -0.15) is 0 Å². The van der Waals surface area contributed by atoms with E-state index >= 15 is 0 Å². The van der Waals surface area contributed by atoms with Gasteiger partial charge < -0.3 is 9.15 Å². The minimum Gasteiger partial charge on any atom is -0.482 e. The molecule has 5 rings (SSSR count). The minimum atomic E-state index is -0.154. The molecule has 4 nitrogen and oxygen atoms in total. The molecular weight excluding hydrogens is 386 g/mol.